The average Bonchev–Trinajstić information content (AvgIpc) is 2.34. The second-order valence-corrected chi connectivity index (χ2v) is 5.92. The summed E-state index contributed by atoms with van der Waals surface area (Å²) in [5.41, 5.74) is 0. The van der Waals surface area contributed by atoms with Gasteiger partial charge in [-0.15, -0.1) is 0 Å². The van der Waals surface area contributed by atoms with Crippen molar-refractivity contribution in [2.75, 3.05) is 19.6 Å². The van der Waals surface area contributed by atoms with E-state index in [1.165, 1.54) is 19.3 Å². The number of amides is 1. The Balaban J connectivity index is 1.67. The fourth-order valence-corrected chi connectivity index (χ4v) is 2.93. The zero-order valence-corrected chi connectivity index (χ0v) is 11.3. The minimum Gasteiger partial charge on any atom is -0.391 e. The van der Waals surface area contributed by atoms with Gasteiger partial charge in [-0.2, -0.15) is 0 Å². The van der Waals surface area contributed by atoms with Crippen LogP contribution in [0.25, 0.3) is 0 Å². The van der Waals surface area contributed by atoms with Crippen LogP contribution in [-0.4, -0.2) is 36.8 Å². The summed E-state index contributed by atoms with van der Waals surface area (Å²) in [6.45, 7) is 4.29. The second-order valence-electron chi connectivity index (χ2n) is 5.92. The van der Waals surface area contributed by atoms with Crippen LogP contribution in [0.5, 0.6) is 0 Å². The van der Waals surface area contributed by atoms with E-state index >= 15 is 0 Å². The Morgan fingerprint density at radius 1 is 1.28 bits per heavy atom. The lowest BCUT2D eigenvalue weighted by Gasteiger charge is -2.32. The Morgan fingerprint density at radius 3 is 2.50 bits per heavy atom. The van der Waals surface area contributed by atoms with Crippen molar-refractivity contribution >= 4 is 5.91 Å². The van der Waals surface area contributed by atoms with Crippen LogP contribution in [-0.2, 0) is 4.79 Å². The van der Waals surface area contributed by atoms with Crippen molar-refractivity contribution in [3.8, 4) is 0 Å². The van der Waals surface area contributed by atoms with Gasteiger partial charge in [0.25, 0.3) is 0 Å². The molecule has 18 heavy (non-hydrogen) atoms. The first-order valence-electron chi connectivity index (χ1n) is 7.35. The Labute approximate surface area is 110 Å². The predicted octanol–water partition coefficient (Wildman–Crippen LogP) is 0.899. The molecular formula is C14H26N2O2. The van der Waals surface area contributed by atoms with Gasteiger partial charge in [-0.3, -0.25) is 4.79 Å². The van der Waals surface area contributed by atoms with Crippen LogP contribution in [0.1, 0.15) is 39.0 Å². The quantitative estimate of drug-likeness (QED) is 0.683. The molecule has 0 spiro atoms. The molecule has 2 unspecified atom stereocenters. The van der Waals surface area contributed by atoms with Gasteiger partial charge in [0.05, 0.1) is 6.10 Å². The van der Waals surface area contributed by atoms with Crippen molar-refractivity contribution in [1.29, 1.82) is 0 Å². The maximum Gasteiger partial charge on any atom is 0.223 e. The molecule has 2 atom stereocenters. The lowest BCUT2D eigenvalue weighted by atomic mass is 9.85. The molecule has 1 saturated carbocycles. The first kappa shape index (κ1) is 13.8. The monoisotopic (exact) mass is 254 g/mol. The summed E-state index contributed by atoms with van der Waals surface area (Å²) in [4.78, 5) is 11.9. The van der Waals surface area contributed by atoms with Crippen LogP contribution in [0.2, 0.25) is 0 Å². The minimum atomic E-state index is -0.360. The Bertz CT molecular complexity index is 273. The summed E-state index contributed by atoms with van der Waals surface area (Å²) in [5.74, 6) is 1.01. The zero-order valence-electron chi connectivity index (χ0n) is 11.3. The molecule has 1 saturated heterocycles. The highest BCUT2D eigenvalue weighted by Crippen LogP contribution is 2.26. The van der Waals surface area contributed by atoms with Crippen molar-refractivity contribution in [2.24, 2.45) is 17.8 Å². The number of aliphatic hydroxyl groups excluding tert-OH is 1. The number of hydrogen-bond donors (Lipinski definition) is 3. The first-order chi connectivity index (χ1) is 8.68. The van der Waals surface area contributed by atoms with Gasteiger partial charge in [0, 0.05) is 12.5 Å². The lowest BCUT2D eigenvalue weighted by molar-refractivity contribution is -0.127. The Morgan fingerprint density at radius 2 is 1.94 bits per heavy atom. The largest absolute Gasteiger partial charge is 0.391 e. The molecule has 0 bridgehead atoms. The Kier molecular flexibility index (Phi) is 5.01. The molecule has 0 aromatic heterocycles. The standard InChI is InChI=1S/C14H26N2O2/c1-10(12-7-15-8-12)14(18)16-9-13(17)11-5-3-2-4-6-11/h10-13,15,17H,2-9H2,1H3,(H,16,18). The number of carbonyl (C=O) groups is 1. The molecule has 1 aliphatic heterocycles. The van der Waals surface area contributed by atoms with E-state index in [0.717, 1.165) is 25.9 Å². The van der Waals surface area contributed by atoms with Crippen LogP contribution in [0.4, 0.5) is 0 Å². The normalized spacial score (nSPS) is 25.2. The number of nitrogens with one attached hydrogen (secondary N) is 2. The van der Waals surface area contributed by atoms with E-state index in [0.29, 0.717) is 18.4 Å². The smallest absolute Gasteiger partial charge is 0.223 e. The van der Waals surface area contributed by atoms with E-state index in [-0.39, 0.29) is 17.9 Å². The number of hydrogen-bond acceptors (Lipinski definition) is 3. The lowest BCUT2D eigenvalue weighted by Crippen LogP contribution is -2.50. The van der Waals surface area contributed by atoms with Gasteiger partial charge in [0.2, 0.25) is 5.91 Å². The summed E-state index contributed by atoms with van der Waals surface area (Å²) in [6.07, 6.45) is 5.60. The third-order valence-electron chi connectivity index (χ3n) is 4.61. The summed E-state index contributed by atoms with van der Waals surface area (Å²) < 4.78 is 0. The minimum absolute atomic E-state index is 0.0600. The van der Waals surface area contributed by atoms with Crippen molar-refractivity contribution in [2.45, 2.75) is 45.1 Å². The molecule has 0 aromatic rings. The van der Waals surface area contributed by atoms with Gasteiger partial charge in [-0.1, -0.05) is 26.2 Å². The fraction of sp³-hybridized carbons (Fsp3) is 0.929. The van der Waals surface area contributed by atoms with E-state index in [9.17, 15) is 9.90 Å². The van der Waals surface area contributed by atoms with Crippen molar-refractivity contribution in [3.63, 3.8) is 0 Å². The number of aliphatic hydroxyl groups is 1. The van der Waals surface area contributed by atoms with E-state index in [1.807, 2.05) is 6.92 Å². The molecule has 0 aromatic carbocycles. The maximum atomic E-state index is 11.9. The summed E-state index contributed by atoms with van der Waals surface area (Å²) in [5, 5.41) is 16.2. The number of carbonyl (C=O) groups excluding carboxylic acids is 1. The highest BCUT2D eigenvalue weighted by Gasteiger charge is 2.29. The van der Waals surface area contributed by atoms with Crippen LogP contribution >= 0.6 is 0 Å². The molecule has 3 N–H and O–H groups in total. The van der Waals surface area contributed by atoms with Gasteiger partial charge < -0.3 is 15.7 Å². The zero-order chi connectivity index (χ0) is 13.0. The first-order valence-corrected chi connectivity index (χ1v) is 7.35. The van der Waals surface area contributed by atoms with Crippen molar-refractivity contribution < 1.29 is 9.90 Å². The van der Waals surface area contributed by atoms with Crippen LogP contribution < -0.4 is 10.6 Å². The molecule has 104 valence electrons. The molecule has 1 heterocycles. The molecule has 4 nitrogen and oxygen atoms in total. The van der Waals surface area contributed by atoms with E-state index in [1.54, 1.807) is 0 Å². The van der Waals surface area contributed by atoms with Crippen LogP contribution in [0.3, 0.4) is 0 Å². The molecule has 1 aliphatic carbocycles. The van der Waals surface area contributed by atoms with Gasteiger partial charge >= 0.3 is 0 Å². The highest BCUT2D eigenvalue weighted by molar-refractivity contribution is 5.78. The third kappa shape index (κ3) is 3.45. The molecule has 1 amide bonds. The molecule has 2 aliphatic rings. The summed E-state index contributed by atoms with van der Waals surface area (Å²) in [7, 11) is 0. The molecule has 2 rings (SSSR count). The van der Waals surface area contributed by atoms with E-state index < -0.39 is 0 Å². The summed E-state index contributed by atoms with van der Waals surface area (Å²) >= 11 is 0. The van der Waals surface area contributed by atoms with Crippen LogP contribution in [0.15, 0.2) is 0 Å². The predicted molar refractivity (Wildman–Crippen MR) is 71.1 cm³/mol. The topological polar surface area (TPSA) is 61.4 Å². The van der Waals surface area contributed by atoms with E-state index in [2.05, 4.69) is 10.6 Å². The summed E-state index contributed by atoms with van der Waals surface area (Å²) in [6, 6.07) is 0. The molecular weight excluding hydrogens is 228 g/mol. The molecule has 2 fully saturated rings. The van der Waals surface area contributed by atoms with Crippen LogP contribution in [0, 0.1) is 17.8 Å². The second kappa shape index (κ2) is 6.53. The molecule has 4 heteroatoms. The van der Waals surface area contributed by atoms with Gasteiger partial charge in [0.1, 0.15) is 0 Å². The van der Waals surface area contributed by atoms with Gasteiger partial charge in [0.15, 0.2) is 0 Å². The Hall–Kier alpha value is -0.610. The number of rotatable bonds is 5. The highest BCUT2D eigenvalue weighted by atomic mass is 16.3. The van der Waals surface area contributed by atoms with Crippen molar-refractivity contribution in [3.05, 3.63) is 0 Å². The van der Waals surface area contributed by atoms with Gasteiger partial charge in [-0.05, 0) is 37.8 Å². The third-order valence-corrected chi connectivity index (χ3v) is 4.61. The van der Waals surface area contributed by atoms with Gasteiger partial charge in [-0.25, -0.2) is 0 Å². The van der Waals surface area contributed by atoms with Crippen molar-refractivity contribution in [1.82, 2.24) is 10.6 Å². The SMILES string of the molecule is CC(C(=O)NCC(O)C1CCCCC1)C1CNC1. The fourth-order valence-electron chi connectivity index (χ4n) is 2.93. The average molecular weight is 254 g/mol. The molecule has 0 radical (unpaired) electrons. The maximum absolute atomic E-state index is 11.9. The van der Waals surface area contributed by atoms with E-state index in [4.69, 9.17) is 0 Å².